The van der Waals surface area contributed by atoms with Gasteiger partial charge in [0.1, 0.15) is 0 Å². The number of aromatic nitrogens is 2. The van der Waals surface area contributed by atoms with Crippen LogP contribution in [0.15, 0.2) is 231 Å². The predicted molar refractivity (Wildman–Crippen MR) is 273 cm³/mol. The average Bonchev–Trinajstić information content (AvgIpc) is 3.61. The van der Waals surface area contributed by atoms with Crippen LogP contribution >= 0.6 is 0 Å². The Morgan fingerprint density at radius 1 is 0.277 bits per heavy atom. The molecule has 306 valence electrons. The molecule has 11 aromatic rings. The lowest BCUT2D eigenvalue weighted by atomic mass is 9.82. The first-order chi connectivity index (χ1) is 31.9. The van der Waals surface area contributed by atoms with Crippen molar-refractivity contribution >= 4 is 21.5 Å². The Labute approximate surface area is 380 Å². The van der Waals surface area contributed by atoms with Gasteiger partial charge in [-0.05, 0) is 131 Å². The number of hydrogen-bond donors (Lipinski definition) is 0. The van der Waals surface area contributed by atoms with Gasteiger partial charge in [-0.1, -0.05) is 202 Å². The van der Waals surface area contributed by atoms with Gasteiger partial charge in [-0.15, -0.1) is 0 Å². The Balaban J connectivity index is 1.03. The van der Waals surface area contributed by atoms with Gasteiger partial charge in [0.05, 0.1) is 11.4 Å². The van der Waals surface area contributed by atoms with Crippen molar-refractivity contribution in [2.24, 2.45) is 0 Å². The maximum Gasteiger partial charge on any atom is 0.160 e. The molecule has 0 radical (unpaired) electrons. The molecule has 0 bridgehead atoms. The van der Waals surface area contributed by atoms with E-state index < -0.39 is 0 Å². The molecule has 1 aromatic heterocycles. The minimum Gasteiger partial charge on any atom is -0.228 e. The van der Waals surface area contributed by atoms with Crippen LogP contribution < -0.4 is 0 Å². The van der Waals surface area contributed by atoms with Gasteiger partial charge in [0.25, 0.3) is 0 Å². The van der Waals surface area contributed by atoms with E-state index in [0.717, 1.165) is 39.0 Å². The molecular formula is C63H44N2. The van der Waals surface area contributed by atoms with E-state index in [0.29, 0.717) is 5.82 Å². The van der Waals surface area contributed by atoms with Gasteiger partial charge in [-0.25, -0.2) is 9.97 Å². The van der Waals surface area contributed by atoms with Crippen molar-refractivity contribution in [3.05, 3.63) is 242 Å². The molecule has 0 atom stereocenters. The van der Waals surface area contributed by atoms with Crippen molar-refractivity contribution in [3.63, 3.8) is 0 Å². The molecule has 2 heteroatoms. The van der Waals surface area contributed by atoms with Crippen LogP contribution in [0.5, 0.6) is 0 Å². The minimum atomic E-state index is -0.0539. The predicted octanol–water partition coefficient (Wildman–Crippen LogP) is 16.8. The average molecular weight is 829 g/mol. The molecular weight excluding hydrogens is 785 g/mol. The van der Waals surface area contributed by atoms with Gasteiger partial charge in [0, 0.05) is 22.1 Å². The van der Waals surface area contributed by atoms with Crippen molar-refractivity contribution in [2.45, 2.75) is 19.3 Å². The summed E-state index contributed by atoms with van der Waals surface area (Å²) < 4.78 is 0. The summed E-state index contributed by atoms with van der Waals surface area (Å²) in [4.78, 5) is 10.5. The van der Waals surface area contributed by atoms with E-state index in [9.17, 15) is 0 Å². The Morgan fingerprint density at radius 3 is 1.62 bits per heavy atom. The number of hydrogen-bond acceptors (Lipinski definition) is 2. The molecule has 0 fully saturated rings. The third kappa shape index (κ3) is 6.83. The molecule has 1 heterocycles. The summed E-state index contributed by atoms with van der Waals surface area (Å²) in [5.41, 5.74) is 19.7. The Bertz CT molecular complexity index is 3620. The summed E-state index contributed by atoms with van der Waals surface area (Å²) in [6.07, 6.45) is 0. The number of rotatable bonds is 7. The van der Waals surface area contributed by atoms with Crippen LogP contribution in [0.1, 0.15) is 25.0 Å². The molecule has 0 spiro atoms. The summed E-state index contributed by atoms with van der Waals surface area (Å²) in [6.45, 7) is 4.69. The molecule has 0 unspecified atom stereocenters. The molecule has 0 N–H and O–H groups in total. The Morgan fingerprint density at radius 2 is 0.815 bits per heavy atom. The van der Waals surface area contributed by atoms with Crippen molar-refractivity contribution in [1.29, 1.82) is 0 Å². The van der Waals surface area contributed by atoms with E-state index in [1.54, 1.807) is 0 Å². The Kier molecular flexibility index (Phi) is 9.21. The lowest BCUT2D eigenvalue weighted by molar-refractivity contribution is 0.660. The van der Waals surface area contributed by atoms with Crippen LogP contribution in [-0.4, -0.2) is 9.97 Å². The maximum absolute atomic E-state index is 5.31. The highest BCUT2D eigenvalue weighted by Crippen LogP contribution is 2.50. The fourth-order valence-electron chi connectivity index (χ4n) is 10.1. The van der Waals surface area contributed by atoms with Crippen LogP contribution in [0.4, 0.5) is 0 Å². The van der Waals surface area contributed by atoms with E-state index in [1.165, 1.54) is 77.4 Å². The maximum atomic E-state index is 5.31. The molecule has 0 saturated carbocycles. The van der Waals surface area contributed by atoms with Crippen LogP contribution in [0.2, 0.25) is 0 Å². The second kappa shape index (κ2) is 15.6. The standard InChI is InChI=1S/C63H44N2/c1-63(2)58-27-14-13-26-55(58)57-39-47(30-33-59(57)63)50-36-49(46-29-28-42-18-9-10-21-44(42)34-46)37-51(38-50)52-31-32-56(54-25-12-11-24-53(52)54)61-40-60(64-62(65-61)43-19-7-4-8-20-43)48-23-15-22-45(35-48)41-16-5-3-6-17-41/h3-40H,1-2H3. The second-order valence-electron chi connectivity index (χ2n) is 17.8. The first-order valence-electron chi connectivity index (χ1n) is 22.5. The highest BCUT2D eigenvalue weighted by Gasteiger charge is 2.35. The van der Waals surface area contributed by atoms with E-state index in [2.05, 4.69) is 226 Å². The molecule has 2 nitrogen and oxygen atoms in total. The van der Waals surface area contributed by atoms with Crippen LogP contribution in [0.3, 0.4) is 0 Å². The Hall–Kier alpha value is -8.20. The molecule has 65 heavy (non-hydrogen) atoms. The number of nitrogens with zero attached hydrogens (tertiary/aromatic N) is 2. The summed E-state index contributed by atoms with van der Waals surface area (Å²) in [5, 5.41) is 4.78. The minimum absolute atomic E-state index is 0.0539. The van der Waals surface area contributed by atoms with Crippen molar-refractivity contribution < 1.29 is 0 Å². The van der Waals surface area contributed by atoms with Gasteiger partial charge >= 0.3 is 0 Å². The third-order valence-electron chi connectivity index (χ3n) is 13.5. The highest BCUT2D eigenvalue weighted by atomic mass is 14.9. The fraction of sp³-hybridized carbons (Fsp3) is 0.0476. The summed E-state index contributed by atoms with van der Waals surface area (Å²) in [6, 6.07) is 83.6. The van der Waals surface area contributed by atoms with Gasteiger partial charge in [0.2, 0.25) is 0 Å². The number of fused-ring (bicyclic) bond motifs is 5. The third-order valence-corrected chi connectivity index (χ3v) is 13.5. The molecule has 0 saturated heterocycles. The van der Waals surface area contributed by atoms with Gasteiger partial charge in [0.15, 0.2) is 5.82 Å². The zero-order valence-corrected chi connectivity index (χ0v) is 36.3. The highest BCUT2D eigenvalue weighted by molar-refractivity contribution is 6.06. The lowest BCUT2D eigenvalue weighted by Gasteiger charge is -2.21. The zero-order chi connectivity index (χ0) is 43.5. The van der Waals surface area contributed by atoms with Crippen LogP contribution in [0, 0.1) is 0 Å². The topological polar surface area (TPSA) is 25.8 Å². The van der Waals surface area contributed by atoms with Crippen LogP contribution in [-0.2, 0) is 5.41 Å². The van der Waals surface area contributed by atoms with Crippen molar-refractivity contribution in [3.8, 4) is 89.5 Å². The van der Waals surface area contributed by atoms with E-state index in [1.807, 2.05) is 18.2 Å². The monoisotopic (exact) mass is 828 g/mol. The first kappa shape index (κ1) is 38.5. The number of benzene rings is 10. The smallest absolute Gasteiger partial charge is 0.160 e. The van der Waals surface area contributed by atoms with Crippen molar-refractivity contribution in [1.82, 2.24) is 9.97 Å². The van der Waals surface area contributed by atoms with E-state index >= 15 is 0 Å². The molecule has 12 rings (SSSR count). The summed E-state index contributed by atoms with van der Waals surface area (Å²) in [7, 11) is 0. The second-order valence-corrected chi connectivity index (χ2v) is 17.8. The largest absolute Gasteiger partial charge is 0.228 e. The SMILES string of the molecule is CC1(C)c2ccccc2-c2cc(-c3cc(-c4ccc5ccccc5c4)cc(-c4ccc(-c5cc(-c6cccc(-c7ccccc7)c6)nc(-c6ccccc6)n5)c5ccccc45)c3)ccc21. The molecule has 10 aromatic carbocycles. The van der Waals surface area contributed by atoms with Gasteiger partial charge in [-0.2, -0.15) is 0 Å². The normalized spacial score (nSPS) is 12.6. The zero-order valence-electron chi connectivity index (χ0n) is 36.3. The van der Waals surface area contributed by atoms with Gasteiger partial charge in [-0.3, -0.25) is 0 Å². The molecule has 1 aliphatic rings. The van der Waals surface area contributed by atoms with Crippen LogP contribution in [0.25, 0.3) is 111 Å². The molecule has 0 amide bonds. The van der Waals surface area contributed by atoms with Crippen molar-refractivity contribution in [2.75, 3.05) is 0 Å². The molecule has 0 aliphatic heterocycles. The summed E-state index contributed by atoms with van der Waals surface area (Å²) in [5.74, 6) is 0.699. The lowest BCUT2D eigenvalue weighted by Crippen LogP contribution is -2.14. The first-order valence-corrected chi connectivity index (χ1v) is 22.5. The summed E-state index contributed by atoms with van der Waals surface area (Å²) >= 11 is 0. The van der Waals surface area contributed by atoms with E-state index in [4.69, 9.17) is 9.97 Å². The molecule has 1 aliphatic carbocycles. The quantitative estimate of drug-likeness (QED) is 0.160. The van der Waals surface area contributed by atoms with Gasteiger partial charge < -0.3 is 0 Å². The van der Waals surface area contributed by atoms with E-state index in [-0.39, 0.29) is 5.41 Å². The fourth-order valence-corrected chi connectivity index (χ4v) is 10.1.